The van der Waals surface area contributed by atoms with Crippen LogP contribution in [-0.4, -0.2) is 75.1 Å². The summed E-state index contributed by atoms with van der Waals surface area (Å²) >= 11 is 0. The predicted octanol–water partition coefficient (Wildman–Crippen LogP) is -3.01. The lowest BCUT2D eigenvalue weighted by Gasteiger charge is -2.34. The van der Waals surface area contributed by atoms with E-state index >= 15 is 0 Å². The maximum Gasteiger partial charge on any atom is 0.332 e. The molecule has 132 valence electrons. The lowest BCUT2D eigenvalue weighted by atomic mass is 10.1. The fraction of sp³-hybridized carbons (Fsp3) is 0.571. The maximum atomic E-state index is 12.5. The van der Waals surface area contributed by atoms with Crippen molar-refractivity contribution in [2.45, 2.75) is 0 Å². The van der Waals surface area contributed by atoms with Gasteiger partial charge in [-0.05, 0) is 0 Å². The lowest BCUT2D eigenvalue weighted by molar-refractivity contribution is -0.135. The highest BCUT2D eigenvalue weighted by molar-refractivity contribution is 6.01. The van der Waals surface area contributed by atoms with E-state index < -0.39 is 23.6 Å². The van der Waals surface area contributed by atoms with Crippen LogP contribution in [0.3, 0.4) is 0 Å². The van der Waals surface area contributed by atoms with E-state index in [-0.39, 0.29) is 23.8 Å². The first-order valence-electron chi connectivity index (χ1n) is 7.47. The molecule has 0 radical (unpaired) electrons. The van der Waals surface area contributed by atoms with Crippen LogP contribution in [0.15, 0.2) is 9.59 Å². The Morgan fingerprint density at radius 3 is 2.21 bits per heavy atom. The summed E-state index contributed by atoms with van der Waals surface area (Å²) in [5.41, 5.74) is 4.26. The van der Waals surface area contributed by atoms with Crippen molar-refractivity contribution in [2.24, 2.45) is 14.1 Å². The van der Waals surface area contributed by atoms with Crippen LogP contribution in [0, 0.1) is 0 Å². The third-order valence-electron chi connectivity index (χ3n) is 4.22. The average molecular weight is 339 g/mol. The molecule has 1 saturated heterocycles. The van der Waals surface area contributed by atoms with Crippen LogP contribution in [0.2, 0.25) is 0 Å². The van der Waals surface area contributed by atoms with Crippen LogP contribution in [0.4, 0.5) is 5.82 Å². The van der Waals surface area contributed by atoms with Gasteiger partial charge < -0.3 is 15.7 Å². The van der Waals surface area contributed by atoms with Crippen LogP contribution < -0.4 is 17.0 Å². The Balaban J connectivity index is 2.14. The van der Waals surface area contributed by atoms with Gasteiger partial charge in [-0.3, -0.25) is 28.4 Å². The van der Waals surface area contributed by atoms with E-state index in [4.69, 9.17) is 10.8 Å². The molecule has 10 nitrogen and oxygen atoms in total. The zero-order valence-corrected chi connectivity index (χ0v) is 13.7. The Bertz CT molecular complexity index is 773. The zero-order chi connectivity index (χ0) is 18.0. The normalized spacial score (nSPS) is 15.5. The first kappa shape index (κ1) is 17.9. The molecule has 0 spiro atoms. The second-order valence-corrected chi connectivity index (χ2v) is 5.70. The van der Waals surface area contributed by atoms with Crippen molar-refractivity contribution in [3.05, 3.63) is 26.4 Å². The summed E-state index contributed by atoms with van der Waals surface area (Å²) in [4.78, 5) is 51.1. The van der Waals surface area contributed by atoms with Gasteiger partial charge in [0.25, 0.3) is 5.56 Å². The molecular formula is C14H21N5O5. The molecule has 2 heterocycles. The van der Waals surface area contributed by atoms with Crippen LogP contribution >= 0.6 is 0 Å². The highest BCUT2D eigenvalue weighted by Gasteiger charge is 2.25. The Morgan fingerprint density at radius 1 is 1.08 bits per heavy atom. The molecule has 0 aromatic carbocycles. The number of carbonyl (C=O) groups is 2. The second kappa shape index (κ2) is 6.97. The van der Waals surface area contributed by atoms with Gasteiger partial charge in [0, 0.05) is 40.3 Å². The van der Waals surface area contributed by atoms with E-state index in [0.29, 0.717) is 26.2 Å². The monoisotopic (exact) mass is 339 g/mol. The number of ketones is 1. The Labute approximate surface area is 137 Å². The van der Waals surface area contributed by atoms with E-state index in [1.54, 1.807) is 4.90 Å². The van der Waals surface area contributed by atoms with Crippen molar-refractivity contribution in [3.63, 3.8) is 0 Å². The highest BCUT2D eigenvalue weighted by Crippen LogP contribution is 2.08. The number of nitrogen functional groups attached to an aromatic ring is 1. The minimum atomic E-state index is -0.713. The number of rotatable bonds is 4. The second-order valence-electron chi connectivity index (χ2n) is 5.70. The number of hydrogen-bond donors (Lipinski definition) is 2. The van der Waals surface area contributed by atoms with Crippen LogP contribution in [0.25, 0.3) is 0 Å². The van der Waals surface area contributed by atoms with Crippen molar-refractivity contribution < 1.29 is 14.7 Å². The van der Waals surface area contributed by atoms with Gasteiger partial charge in [0.2, 0.25) is 5.91 Å². The molecule has 1 aromatic rings. The molecular weight excluding hydrogens is 318 g/mol. The summed E-state index contributed by atoms with van der Waals surface area (Å²) in [5, 5.41) is 8.84. The number of nitrogens with two attached hydrogens (primary N) is 1. The molecule has 1 fully saturated rings. The molecule has 1 aliphatic rings. The van der Waals surface area contributed by atoms with E-state index in [1.807, 2.05) is 0 Å². The summed E-state index contributed by atoms with van der Waals surface area (Å²) in [7, 11) is 2.69. The largest absolute Gasteiger partial charge is 0.387 e. The molecule has 10 heteroatoms. The maximum absolute atomic E-state index is 12.5. The summed E-state index contributed by atoms with van der Waals surface area (Å²) in [5.74, 6) is -0.968. The smallest absolute Gasteiger partial charge is 0.332 e. The van der Waals surface area contributed by atoms with Crippen molar-refractivity contribution in [3.8, 4) is 0 Å². The molecule has 0 aliphatic carbocycles. The number of carbonyl (C=O) groups excluding carboxylic acids is 2. The Morgan fingerprint density at radius 2 is 1.67 bits per heavy atom. The topological polar surface area (TPSA) is 131 Å². The predicted molar refractivity (Wildman–Crippen MR) is 85.8 cm³/mol. The molecule has 24 heavy (non-hydrogen) atoms. The van der Waals surface area contributed by atoms with Gasteiger partial charge in [0.05, 0.1) is 6.54 Å². The minimum Gasteiger partial charge on any atom is -0.387 e. The minimum absolute atomic E-state index is 0.0290. The molecule has 0 saturated carbocycles. The first-order chi connectivity index (χ1) is 11.3. The fourth-order valence-corrected chi connectivity index (χ4v) is 2.66. The van der Waals surface area contributed by atoms with Gasteiger partial charge in [-0.25, -0.2) is 4.79 Å². The molecule has 1 aliphatic heterocycles. The van der Waals surface area contributed by atoms with Gasteiger partial charge in [-0.1, -0.05) is 0 Å². The van der Waals surface area contributed by atoms with Gasteiger partial charge in [0.1, 0.15) is 18.0 Å². The zero-order valence-electron chi connectivity index (χ0n) is 13.7. The summed E-state index contributed by atoms with van der Waals surface area (Å²) < 4.78 is 1.91. The molecule has 1 aromatic heterocycles. The third-order valence-corrected chi connectivity index (χ3v) is 4.22. The quantitative estimate of drug-likeness (QED) is 0.558. The Kier molecular flexibility index (Phi) is 5.20. The van der Waals surface area contributed by atoms with Gasteiger partial charge >= 0.3 is 5.69 Å². The van der Waals surface area contributed by atoms with Crippen molar-refractivity contribution in [2.75, 3.05) is 45.1 Å². The standard InChI is InChI=1S/C14H21N5O5/c1-16-12(15)11(13(23)17(2)14(16)24)9(21)7-18-3-5-19(6-4-18)10(22)8-20/h20H,3-8,15H2,1-2H3. The van der Waals surface area contributed by atoms with Crippen LogP contribution in [-0.2, 0) is 18.9 Å². The van der Waals surface area contributed by atoms with E-state index in [2.05, 4.69) is 0 Å². The number of amides is 1. The molecule has 0 unspecified atom stereocenters. The Hall–Kier alpha value is -2.46. The number of aromatic nitrogens is 2. The highest BCUT2D eigenvalue weighted by atomic mass is 16.3. The molecule has 3 N–H and O–H groups in total. The first-order valence-corrected chi connectivity index (χ1v) is 7.47. The van der Waals surface area contributed by atoms with Crippen LogP contribution in [0.1, 0.15) is 10.4 Å². The summed E-state index contributed by atoms with van der Waals surface area (Å²) in [6, 6.07) is 0. The number of piperazine rings is 1. The number of Topliss-reactive ketones (excluding diaryl/α,β-unsaturated/α-hetero) is 1. The summed E-state index contributed by atoms with van der Waals surface area (Å²) in [6.07, 6.45) is 0. The third kappa shape index (κ3) is 3.24. The van der Waals surface area contributed by atoms with Crippen LogP contribution in [0.5, 0.6) is 0 Å². The van der Waals surface area contributed by atoms with Gasteiger partial charge in [0.15, 0.2) is 5.78 Å². The van der Waals surface area contributed by atoms with E-state index in [0.717, 1.165) is 9.13 Å². The molecule has 1 amide bonds. The number of anilines is 1. The van der Waals surface area contributed by atoms with Crippen molar-refractivity contribution >= 4 is 17.5 Å². The number of aliphatic hydroxyl groups is 1. The van der Waals surface area contributed by atoms with E-state index in [9.17, 15) is 19.2 Å². The van der Waals surface area contributed by atoms with Gasteiger partial charge in [-0.15, -0.1) is 0 Å². The van der Waals surface area contributed by atoms with E-state index in [1.165, 1.54) is 19.0 Å². The number of nitrogens with zero attached hydrogens (tertiary/aromatic N) is 4. The fourth-order valence-electron chi connectivity index (χ4n) is 2.66. The SMILES string of the molecule is Cn1c(N)c(C(=O)CN2CCN(C(=O)CO)CC2)c(=O)n(C)c1=O. The molecule has 0 bridgehead atoms. The molecule has 2 rings (SSSR count). The van der Waals surface area contributed by atoms with Crippen molar-refractivity contribution in [1.82, 2.24) is 18.9 Å². The lowest BCUT2D eigenvalue weighted by Crippen LogP contribution is -2.51. The number of hydrogen-bond acceptors (Lipinski definition) is 7. The summed E-state index contributed by atoms with van der Waals surface area (Å²) in [6.45, 7) is 1.12. The number of aliphatic hydroxyl groups excluding tert-OH is 1. The molecule has 0 atom stereocenters. The van der Waals surface area contributed by atoms with Crippen molar-refractivity contribution in [1.29, 1.82) is 0 Å². The van der Waals surface area contributed by atoms with Gasteiger partial charge in [-0.2, -0.15) is 0 Å². The average Bonchev–Trinajstić information content (AvgIpc) is 2.58.